The van der Waals surface area contributed by atoms with E-state index in [0.29, 0.717) is 5.69 Å². The molecule has 3 N–H and O–H groups in total. The molecule has 7 heteroatoms. The third kappa shape index (κ3) is 2.78. The van der Waals surface area contributed by atoms with E-state index in [-0.39, 0.29) is 11.5 Å². The summed E-state index contributed by atoms with van der Waals surface area (Å²) < 4.78 is 1.99. The fraction of sp³-hybridized carbons (Fsp3) is 0. The van der Waals surface area contributed by atoms with Gasteiger partial charge in [-0.1, -0.05) is 12.1 Å². The summed E-state index contributed by atoms with van der Waals surface area (Å²) >= 11 is 0. The van der Waals surface area contributed by atoms with Crippen LogP contribution in [0.25, 0.3) is 16.7 Å². The number of rotatable bonds is 3. The van der Waals surface area contributed by atoms with Crippen LogP contribution in [-0.2, 0) is 0 Å². The number of nitrogen functional groups attached to an aromatic ring is 1. The quantitative estimate of drug-likeness (QED) is 0.601. The molecule has 0 aliphatic carbocycles. The summed E-state index contributed by atoms with van der Waals surface area (Å²) in [4.78, 5) is 24.4. The molecule has 2 aromatic heterocycles. The number of carbonyl (C=O) groups excluding carboxylic acids is 1. The minimum Gasteiger partial charge on any atom is -0.382 e. The maximum atomic E-state index is 12.2. The van der Waals surface area contributed by atoms with Crippen LogP contribution in [0.4, 0.5) is 11.5 Å². The number of aromatic nitrogens is 4. The Morgan fingerprint density at radius 2 is 1.72 bits per heavy atom. The topological polar surface area (TPSA) is 98.7 Å². The van der Waals surface area contributed by atoms with Crippen LogP contribution in [0, 0.1) is 0 Å². The van der Waals surface area contributed by atoms with Gasteiger partial charge in [0.1, 0.15) is 6.33 Å². The van der Waals surface area contributed by atoms with Crippen molar-refractivity contribution in [2.24, 2.45) is 0 Å². The Balaban J connectivity index is 1.58. The highest BCUT2D eigenvalue weighted by Crippen LogP contribution is 2.20. The molecule has 4 aromatic rings. The second-order valence-electron chi connectivity index (χ2n) is 5.39. The highest BCUT2D eigenvalue weighted by atomic mass is 16.1. The number of nitrogens with zero attached hydrogens (tertiary/aromatic N) is 4. The van der Waals surface area contributed by atoms with Crippen molar-refractivity contribution in [1.29, 1.82) is 0 Å². The van der Waals surface area contributed by atoms with Crippen molar-refractivity contribution in [1.82, 2.24) is 19.5 Å². The Morgan fingerprint density at radius 1 is 0.960 bits per heavy atom. The molecule has 0 saturated carbocycles. The average Bonchev–Trinajstić information content (AvgIpc) is 3.07. The van der Waals surface area contributed by atoms with Crippen molar-refractivity contribution in [3.63, 3.8) is 0 Å². The second-order valence-corrected chi connectivity index (χ2v) is 5.39. The molecule has 2 heterocycles. The zero-order valence-electron chi connectivity index (χ0n) is 13.1. The van der Waals surface area contributed by atoms with Gasteiger partial charge in [0.25, 0.3) is 5.91 Å². The predicted octanol–water partition coefficient (Wildman–Crippen LogP) is 2.65. The molecule has 1 amide bonds. The Kier molecular flexibility index (Phi) is 3.59. The van der Waals surface area contributed by atoms with Gasteiger partial charge in [0.2, 0.25) is 0 Å². The van der Waals surface area contributed by atoms with Crippen LogP contribution < -0.4 is 11.1 Å². The van der Waals surface area contributed by atoms with Crippen molar-refractivity contribution in [3.8, 4) is 5.69 Å². The van der Waals surface area contributed by atoms with E-state index < -0.39 is 5.91 Å². The van der Waals surface area contributed by atoms with E-state index in [4.69, 9.17) is 5.73 Å². The first-order chi connectivity index (χ1) is 12.2. The van der Waals surface area contributed by atoms with E-state index >= 15 is 0 Å². The molecule has 0 aliphatic rings. The fourth-order valence-electron chi connectivity index (χ4n) is 2.58. The summed E-state index contributed by atoms with van der Waals surface area (Å²) in [5.74, 6) is -0.298. The largest absolute Gasteiger partial charge is 0.382 e. The lowest BCUT2D eigenvalue weighted by Gasteiger charge is -2.08. The molecule has 25 heavy (non-hydrogen) atoms. The summed E-state index contributed by atoms with van der Waals surface area (Å²) in [6, 6.07) is 15.3. The highest BCUT2D eigenvalue weighted by molar-refractivity contribution is 6.05. The van der Waals surface area contributed by atoms with E-state index in [9.17, 15) is 4.79 Å². The molecule has 0 saturated heterocycles. The van der Waals surface area contributed by atoms with Gasteiger partial charge in [0.15, 0.2) is 11.5 Å². The number of anilines is 2. The molecule has 4 rings (SSSR count). The van der Waals surface area contributed by atoms with Crippen molar-refractivity contribution >= 4 is 28.4 Å². The lowest BCUT2D eigenvalue weighted by Crippen LogP contribution is -2.16. The van der Waals surface area contributed by atoms with Crippen molar-refractivity contribution in [2.75, 3.05) is 11.1 Å². The zero-order valence-corrected chi connectivity index (χ0v) is 13.1. The number of hydrogen-bond donors (Lipinski definition) is 2. The molecule has 2 aromatic carbocycles. The second kappa shape index (κ2) is 6.04. The number of amides is 1. The van der Waals surface area contributed by atoms with Gasteiger partial charge in [-0.3, -0.25) is 9.36 Å². The molecule has 0 bridgehead atoms. The van der Waals surface area contributed by atoms with E-state index in [1.807, 2.05) is 53.1 Å². The van der Waals surface area contributed by atoms with Gasteiger partial charge in [-0.05, 0) is 36.4 Å². The standard InChI is InChI=1S/C18H14N6O/c19-17-16(20-9-10-21-17)18(25)23-12-5-7-13(8-6-12)24-11-22-14-3-1-2-4-15(14)24/h1-11H,(H2,19,21)(H,23,25). The first-order valence-corrected chi connectivity index (χ1v) is 7.63. The third-order valence-electron chi connectivity index (χ3n) is 3.80. The molecule has 0 aliphatic heterocycles. The van der Waals surface area contributed by atoms with Crippen LogP contribution in [0.5, 0.6) is 0 Å². The monoisotopic (exact) mass is 330 g/mol. The number of hydrogen-bond acceptors (Lipinski definition) is 5. The maximum Gasteiger partial charge on any atom is 0.278 e. The van der Waals surface area contributed by atoms with Crippen LogP contribution in [0.3, 0.4) is 0 Å². The molecule has 0 atom stereocenters. The summed E-state index contributed by atoms with van der Waals surface area (Å²) in [6.45, 7) is 0. The fourth-order valence-corrected chi connectivity index (χ4v) is 2.58. The summed E-state index contributed by atoms with van der Waals surface area (Å²) in [5, 5.41) is 2.76. The third-order valence-corrected chi connectivity index (χ3v) is 3.80. The van der Waals surface area contributed by atoms with Crippen LogP contribution in [0.15, 0.2) is 67.3 Å². The van der Waals surface area contributed by atoms with E-state index in [0.717, 1.165) is 16.7 Å². The van der Waals surface area contributed by atoms with Gasteiger partial charge in [-0.2, -0.15) is 0 Å². The molecule has 0 fully saturated rings. The van der Waals surface area contributed by atoms with Gasteiger partial charge >= 0.3 is 0 Å². The van der Waals surface area contributed by atoms with Gasteiger partial charge in [0, 0.05) is 23.8 Å². The molecular formula is C18H14N6O. The maximum absolute atomic E-state index is 12.2. The Bertz CT molecular complexity index is 1050. The molecule has 0 unspecified atom stereocenters. The Labute approximate surface area is 143 Å². The smallest absolute Gasteiger partial charge is 0.278 e. The number of nitrogens with two attached hydrogens (primary N) is 1. The Morgan fingerprint density at radius 3 is 2.52 bits per heavy atom. The predicted molar refractivity (Wildman–Crippen MR) is 95.5 cm³/mol. The van der Waals surface area contributed by atoms with Crippen LogP contribution in [0.2, 0.25) is 0 Å². The van der Waals surface area contributed by atoms with Crippen LogP contribution >= 0.6 is 0 Å². The number of para-hydroxylation sites is 2. The first-order valence-electron chi connectivity index (χ1n) is 7.63. The van der Waals surface area contributed by atoms with E-state index in [1.165, 1.54) is 12.4 Å². The van der Waals surface area contributed by atoms with Gasteiger partial charge in [-0.15, -0.1) is 0 Å². The van der Waals surface area contributed by atoms with E-state index in [1.54, 1.807) is 6.33 Å². The SMILES string of the molecule is Nc1nccnc1C(=O)Nc1ccc(-n2cnc3ccccc32)cc1. The van der Waals surface area contributed by atoms with Crippen molar-refractivity contribution < 1.29 is 4.79 Å². The summed E-state index contributed by atoms with van der Waals surface area (Å²) in [5.41, 5.74) is 9.32. The molecule has 0 radical (unpaired) electrons. The van der Waals surface area contributed by atoms with Crippen molar-refractivity contribution in [2.45, 2.75) is 0 Å². The molecular weight excluding hydrogens is 316 g/mol. The normalized spacial score (nSPS) is 10.7. The van der Waals surface area contributed by atoms with Crippen LogP contribution in [-0.4, -0.2) is 25.4 Å². The zero-order chi connectivity index (χ0) is 17.2. The molecule has 0 spiro atoms. The first kappa shape index (κ1) is 14.8. The number of nitrogens with one attached hydrogen (secondary N) is 1. The summed E-state index contributed by atoms with van der Waals surface area (Å²) in [6.07, 6.45) is 4.65. The number of imidazole rings is 1. The van der Waals surface area contributed by atoms with Crippen LogP contribution in [0.1, 0.15) is 10.5 Å². The van der Waals surface area contributed by atoms with Gasteiger partial charge < -0.3 is 11.1 Å². The summed E-state index contributed by atoms with van der Waals surface area (Å²) in [7, 11) is 0. The average molecular weight is 330 g/mol. The minimum atomic E-state index is -0.397. The number of benzene rings is 2. The number of carbonyl (C=O) groups is 1. The molecule has 7 nitrogen and oxygen atoms in total. The Hall–Kier alpha value is -3.74. The molecule has 122 valence electrons. The van der Waals surface area contributed by atoms with Gasteiger partial charge in [0.05, 0.1) is 11.0 Å². The lowest BCUT2D eigenvalue weighted by atomic mass is 10.2. The van der Waals surface area contributed by atoms with Gasteiger partial charge in [-0.25, -0.2) is 15.0 Å². The van der Waals surface area contributed by atoms with Crippen molar-refractivity contribution in [3.05, 3.63) is 72.9 Å². The van der Waals surface area contributed by atoms with E-state index in [2.05, 4.69) is 20.3 Å². The highest BCUT2D eigenvalue weighted by Gasteiger charge is 2.12. The lowest BCUT2D eigenvalue weighted by molar-refractivity contribution is 0.102. The minimum absolute atomic E-state index is 0.0986. The number of fused-ring (bicyclic) bond motifs is 1.